The second-order valence-corrected chi connectivity index (χ2v) is 3.87. The van der Waals surface area contributed by atoms with Crippen LogP contribution < -0.4 is 5.32 Å². The molecule has 2 rings (SSSR count). The minimum Gasteiger partial charge on any atom is -0.322 e. The number of anilines is 1. The summed E-state index contributed by atoms with van der Waals surface area (Å²) < 4.78 is 1.64. The van der Waals surface area contributed by atoms with Gasteiger partial charge in [-0.15, -0.1) is 0 Å². The number of nitrogens with zero attached hydrogens (tertiary/aromatic N) is 2. The van der Waals surface area contributed by atoms with Gasteiger partial charge in [-0.2, -0.15) is 5.10 Å². The van der Waals surface area contributed by atoms with Gasteiger partial charge in [0.25, 0.3) is 5.91 Å². The molecule has 0 bridgehead atoms. The van der Waals surface area contributed by atoms with Crippen LogP contribution >= 0.6 is 11.9 Å². The number of amides is 1. The first kappa shape index (κ1) is 10.8. The Balaban J connectivity index is 2.09. The molecule has 0 saturated carbocycles. The van der Waals surface area contributed by atoms with Gasteiger partial charge in [-0.05, 0) is 24.1 Å². The van der Waals surface area contributed by atoms with Crippen molar-refractivity contribution in [2.24, 2.45) is 0 Å². The Morgan fingerprint density at radius 1 is 1.38 bits per heavy atom. The highest BCUT2D eigenvalue weighted by atomic mass is 32.2. The number of carbonyl (C=O) groups is 1. The van der Waals surface area contributed by atoms with Gasteiger partial charge in [0.05, 0.1) is 18.0 Å². The van der Waals surface area contributed by atoms with E-state index in [1.165, 1.54) is 11.9 Å². The van der Waals surface area contributed by atoms with Crippen molar-refractivity contribution >= 4 is 23.5 Å². The quantitative estimate of drug-likeness (QED) is 0.884. The molecule has 1 amide bonds. The molecule has 0 aliphatic rings. The smallest absolute Gasteiger partial charge is 0.258 e. The zero-order valence-electron chi connectivity index (χ0n) is 8.75. The Bertz CT molecular complexity index is 481. The van der Waals surface area contributed by atoms with Crippen molar-refractivity contribution < 1.29 is 4.79 Å². The lowest BCUT2D eigenvalue weighted by Gasteiger charge is -2.01. The molecular formula is C11H11N3OS. The summed E-state index contributed by atoms with van der Waals surface area (Å²) in [6.07, 6.45) is 5.14. The number of rotatable bonds is 3. The molecule has 1 heterocycles. The molecule has 1 N–H and O–H groups in total. The molecule has 2 aromatic rings. The van der Waals surface area contributed by atoms with Crippen molar-refractivity contribution in [3.8, 4) is 0 Å². The van der Waals surface area contributed by atoms with Crippen LogP contribution in [0.25, 0.3) is 0 Å². The maximum Gasteiger partial charge on any atom is 0.258 e. The summed E-state index contributed by atoms with van der Waals surface area (Å²) in [4.78, 5) is 11.8. The molecule has 0 unspecified atom stereocenters. The van der Waals surface area contributed by atoms with Crippen LogP contribution in [-0.2, 0) is 0 Å². The third-order valence-electron chi connectivity index (χ3n) is 2.04. The molecular weight excluding hydrogens is 222 g/mol. The van der Waals surface area contributed by atoms with Gasteiger partial charge in [-0.1, -0.05) is 18.2 Å². The summed E-state index contributed by atoms with van der Waals surface area (Å²) in [5, 5.41) is 6.81. The van der Waals surface area contributed by atoms with Gasteiger partial charge in [0.2, 0.25) is 0 Å². The number of para-hydroxylation sites is 1. The summed E-state index contributed by atoms with van der Waals surface area (Å²) in [5.41, 5.74) is 1.34. The first-order valence-electron chi connectivity index (χ1n) is 4.75. The fourth-order valence-electron chi connectivity index (χ4n) is 1.25. The van der Waals surface area contributed by atoms with Gasteiger partial charge in [-0.3, -0.25) is 4.79 Å². The summed E-state index contributed by atoms with van der Waals surface area (Å²) in [6.45, 7) is 0. The lowest BCUT2D eigenvalue weighted by atomic mass is 10.3. The first-order chi connectivity index (χ1) is 7.79. The molecule has 0 spiro atoms. The van der Waals surface area contributed by atoms with Gasteiger partial charge in [0.15, 0.2) is 0 Å². The van der Waals surface area contributed by atoms with Gasteiger partial charge >= 0.3 is 0 Å². The van der Waals surface area contributed by atoms with E-state index in [4.69, 9.17) is 0 Å². The average Bonchev–Trinajstić information content (AvgIpc) is 2.79. The second kappa shape index (κ2) is 4.85. The van der Waals surface area contributed by atoms with E-state index in [-0.39, 0.29) is 5.91 Å². The monoisotopic (exact) mass is 233 g/mol. The molecule has 0 aliphatic heterocycles. The minimum absolute atomic E-state index is 0.147. The van der Waals surface area contributed by atoms with Gasteiger partial charge < -0.3 is 5.32 Å². The molecule has 0 atom stereocenters. The summed E-state index contributed by atoms with van der Waals surface area (Å²) in [6, 6.07) is 9.34. The minimum atomic E-state index is -0.147. The third kappa shape index (κ3) is 2.43. The van der Waals surface area contributed by atoms with E-state index in [1.54, 1.807) is 16.5 Å². The van der Waals surface area contributed by atoms with Crippen molar-refractivity contribution in [3.63, 3.8) is 0 Å². The Morgan fingerprint density at radius 3 is 2.75 bits per heavy atom. The van der Waals surface area contributed by atoms with E-state index in [0.717, 1.165) is 5.69 Å². The maximum absolute atomic E-state index is 11.8. The van der Waals surface area contributed by atoms with Crippen LogP contribution in [0, 0.1) is 0 Å². The molecule has 0 saturated heterocycles. The molecule has 0 fully saturated rings. The topological polar surface area (TPSA) is 46.9 Å². The zero-order chi connectivity index (χ0) is 11.4. The zero-order valence-corrected chi connectivity index (χ0v) is 9.57. The van der Waals surface area contributed by atoms with Crippen molar-refractivity contribution in [2.45, 2.75) is 0 Å². The van der Waals surface area contributed by atoms with E-state index in [1.807, 2.05) is 36.6 Å². The molecule has 0 radical (unpaired) electrons. The molecule has 5 heteroatoms. The molecule has 16 heavy (non-hydrogen) atoms. The van der Waals surface area contributed by atoms with Gasteiger partial charge in [0.1, 0.15) is 0 Å². The van der Waals surface area contributed by atoms with Crippen molar-refractivity contribution in [1.29, 1.82) is 0 Å². The number of hydrogen-bond donors (Lipinski definition) is 1. The number of carbonyl (C=O) groups excluding carboxylic acids is 1. The summed E-state index contributed by atoms with van der Waals surface area (Å²) in [5.74, 6) is -0.147. The Hall–Kier alpha value is -1.75. The van der Waals surface area contributed by atoms with E-state index >= 15 is 0 Å². The van der Waals surface area contributed by atoms with Crippen LogP contribution in [0.1, 0.15) is 10.4 Å². The number of nitrogens with one attached hydrogen (secondary N) is 1. The largest absolute Gasteiger partial charge is 0.322 e. The SMILES string of the molecule is CSn1cc(C(=O)Nc2ccccc2)cn1. The first-order valence-corrected chi connectivity index (χ1v) is 5.93. The molecule has 82 valence electrons. The van der Waals surface area contributed by atoms with Crippen LogP contribution in [-0.4, -0.2) is 21.3 Å². The lowest BCUT2D eigenvalue weighted by Crippen LogP contribution is -2.10. The highest BCUT2D eigenvalue weighted by Crippen LogP contribution is 2.09. The predicted octanol–water partition coefficient (Wildman–Crippen LogP) is 2.26. The predicted molar refractivity (Wildman–Crippen MR) is 65.5 cm³/mol. The van der Waals surface area contributed by atoms with Crippen LogP contribution in [0.4, 0.5) is 5.69 Å². The van der Waals surface area contributed by atoms with Crippen molar-refractivity contribution in [3.05, 3.63) is 48.3 Å². The summed E-state index contributed by atoms with van der Waals surface area (Å²) >= 11 is 1.44. The summed E-state index contributed by atoms with van der Waals surface area (Å²) in [7, 11) is 0. The normalized spacial score (nSPS) is 10.1. The van der Waals surface area contributed by atoms with Crippen molar-refractivity contribution in [2.75, 3.05) is 11.6 Å². The van der Waals surface area contributed by atoms with Crippen LogP contribution in [0.15, 0.2) is 42.7 Å². The van der Waals surface area contributed by atoms with E-state index in [9.17, 15) is 4.79 Å². The number of hydrogen-bond acceptors (Lipinski definition) is 3. The Morgan fingerprint density at radius 2 is 2.12 bits per heavy atom. The number of aromatic nitrogens is 2. The van der Waals surface area contributed by atoms with Crippen LogP contribution in [0.3, 0.4) is 0 Å². The fraction of sp³-hybridized carbons (Fsp3) is 0.0909. The van der Waals surface area contributed by atoms with E-state index in [0.29, 0.717) is 5.56 Å². The third-order valence-corrected chi connectivity index (χ3v) is 2.61. The molecule has 1 aromatic heterocycles. The highest BCUT2D eigenvalue weighted by Gasteiger charge is 2.08. The van der Waals surface area contributed by atoms with Gasteiger partial charge in [-0.25, -0.2) is 4.09 Å². The Labute approximate surface area is 97.8 Å². The van der Waals surface area contributed by atoms with Crippen molar-refractivity contribution in [1.82, 2.24) is 9.19 Å². The van der Waals surface area contributed by atoms with Crippen LogP contribution in [0.5, 0.6) is 0 Å². The average molecular weight is 233 g/mol. The number of benzene rings is 1. The van der Waals surface area contributed by atoms with Crippen LogP contribution in [0.2, 0.25) is 0 Å². The molecule has 4 nitrogen and oxygen atoms in total. The maximum atomic E-state index is 11.8. The highest BCUT2D eigenvalue weighted by molar-refractivity contribution is 7.97. The second-order valence-electron chi connectivity index (χ2n) is 3.13. The standard InChI is InChI=1S/C11H11N3OS/c1-16-14-8-9(7-12-14)11(15)13-10-5-3-2-4-6-10/h2-8H,1H3,(H,13,15). The van der Waals surface area contributed by atoms with E-state index < -0.39 is 0 Å². The molecule has 1 aromatic carbocycles. The molecule has 0 aliphatic carbocycles. The fourth-order valence-corrected chi connectivity index (χ4v) is 1.61. The Kier molecular flexibility index (Phi) is 3.26. The van der Waals surface area contributed by atoms with E-state index in [2.05, 4.69) is 10.4 Å². The lowest BCUT2D eigenvalue weighted by molar-refractivity contribution is 0.102. The van der Waals surface area contributed by atoms with Gasteiger partial charge in [0, 0.05) is 11.9 Å².